The maximum Gasteiger partial charge on any atom is 0.253 e. The zero-order valence-electron chi connectivity index (χ0n) is 9.79. The quantitative estimate of drug-likeness (QED) is 0.342. The molecule has 0 bridgehead atoms. The Labute approximate surface area is 118 Å². The first-order valence-corrected chi connectivity index (χ1v) is 5.65. The van der Waals surface area contributed by atoms with Gasteiger partial charge in [-0.1, -0.05) is 6.07 Å². The van der Waals surface area contributed by atoms with Gasteiger partial charge >= 0.3 is 0 Å². The standard InChI is InChI=1S/C13H3ClF6O/c14-13(21)4-2-1-3-5(15)6(4)7-8(16)10(18)12(20)11(19)9(7)17/h1-3H. The highest BCUT2D eigenvalue weighted by atomic mass is 35.5. The Hall–Kier alpha value is -2.02. The number of carbonyl (C=O) groups excluding carboxylic acids is 1. The average molecular weight is 325 g/mol. The van der Waals surface area contributed by atoms with Crippen LogP contribution in [0.1, 0.15) is 10.4 Å². The summed E-state index contributed by atoms with van der Waals surface area (Å²) in [5, 5.41) is -1.31. The highest BCUT2D eigenvalue weighted by molar-refractivity contribution is 6.68. The number of carbonyl (C=O) groups is 1. The summed E-state index contributed by atoms with van der Waals surface area (Å²) < 4.78 is 80.3. The van der Waals surface area contributed by atoms with Crippen molar-refractivity contribution in [3.63, 3.8) is 0 Å². The largest absolute Gasteiger partial charge is 0.276 e. The van der Waals surface area contributed by atoms with Crippen molar-refractivity contribution in [1.29, 1.82) is 0 Å². The summed E-state index contributed by atoms with van der Waals surface area (Å²) in [6.07, 6.45) is 0. The van der Waals surface area contributed by atoms with Crippen LogP contribution in [-0.2, 0) is 0 Å². The molecule has 1 nitrogen and oxygen atoms in total. The summed E-state index contributed by atoms with van der Waals surface area (Å²) >= 11 is 5.13. The van der Waals surface area contributed by atoms with Gasteiger partial charge in [0.25, 0.3) is 5.24 Å². The minimum absolute atomic E-state index is 0.691. The highest BCUT2D eigenvalue weighted by Crippen LogP contribution is 2.35. The second-order valence-electron chi connectivity index (χ2n) is 3.88. The number of benzene rings is 2. The van der Waals surface area contributed by atoms with Gasteiger partial charge in [0.1, 0.15) is 5.82 Å². The first-order chi connectivity index (χ1) is 9.77. The molecule has 0 heterocycles. The van der Waals surface area contributed by atoms with Crippen molar-refractivity contribution in [2.45, 2.75) is 0 Å². The van der Waals surface area contributed by atoms with Crippen LogP contribution in [0, 0.1) is 34.9 Å². The van der Waals surface area contributed by atoms with Gasteiger partial charge in [-0.2, -0.15) is 0 Å². The second kappa shape index (κ2) is 5.40. The molecule has 0 N–H and O–H groups in total. The molecule has 0 aliphatic rings. The minimum atomic E-state index is -2.39. The molecular formula is C13H3ClF6O. The fraction of sp³-hybridized carbons (Fsp3) is 0. The lowest BCUT2D eigenvalue weighted by atomic mass is 9.98. The van der Waals surface area contributed by atoms with E-state index in [1.165, 1.54) is 0 Å². The predicted molar refractivity (Wildman–Crippen MR) is 61.8 cm³/mol. The molecule has 2 aromatic carbocycles. The zero-order chi connectivity index (χ0) is 15.9. The van der Waals surface area contributed by atoms with Crippen LogP contribution in [0.2, 0.25) is 0 Å². The fourth-order valence-corrected chi connectivity index (χ4v) is 1.92. The van der Waals surface area contributed by atoms with Crippen molar-refractivity contribution in [3.05, 3.63) is 58.7 Å². The van der Waals surface area contributed by atoms with Gasteiger partial charge in [-0.3, -0.25) is 4.79 Å². The predicted octanol–water partition coefficient (Wildman–Crippen LogP) is 4.57. The van der Waals surface area contributed by atoms with Crippen molar-refractivity contribution in [2.75, 3.05) is 0 Å². The summed E-state index contributed by atoms with van der Waals surface area (Å²) in [6.45, 7) is 0. The van der Waals surface area contributed by atoms with Crippen molar-refractivity contribution in [1.82, 2.24) is 0 Å². The molecule has 0 radical (unpaired) electrons. The molecule has 0 amide bonds. The summed E-state index contributed by atoms with van der Waals surface area (Å²) in [4.78, 5) is 11.1. The average Bonchev–Trinajstić information content (AvgIpc) is 2.44. The molecule has 2 rings (SSSR count). The molecule has 0 atom stereocenters. The normalized spacial score (nSPS) is 10.8. The van der Waals surface area contributed by atoms with Crippen LogP contribution in [-0.4, -0.2) is 5.24 Å². The van der Waals surface area contributed by atoms with E-state index in [1.54, 1.807) is 0 Å². The molecule has 0 saturated carbocycles. The molecule has 8 heteroatoms. The van der Waals surface area contributed by atoms with Gasteiger partial charge in [0.15, 0.2) is 23.3 Å². The first kappa shape index (κ1) is 15.4. The Balaban J connectivity index is 2.96. The van der Waals surface area contributed by atoms with Gasteiger partial charge in [-0.25, -0.2) is 26.3 Å². The monoisotopic (exact) mass is 324 g/mol. The molecule has 110 valence electrons. The SMILES string of the molecule is O=C(Cl)c1cccc(F)c1-c1c(F)c(F)c(F)c(F)c1F. The van der Waals surface area contributed by atoms with Crippen LogP contribution in [0.4, 0.5) is 26.3 Å². The van der Waals surface area contributed by atoms with E-state index < -0.39 is 56.8 Å². The van der Waals surface area contributed by atoms with E-state index in [-0.39, 0.29) is 0 Å². The fourth-order valence-electron chi connectivity index (χ4n) is 1.77. The van der Waals surface area contributed by atoms with Gasteiger partial charge in [-0.05, 0) is 23.7 Å². The van der Waals surface area contributed by atoms with Gasteiger partial charge in [0.2, 0.25) is 5.82 Å². The van der Waals surface area contributed by atoms with Crippen LogP contribution in [0.3, 0.4) is 0 Å². The lowest BCUT2D eigenvalue weighted by Gasteiger charge is -2.11. The van der Waals surface area contributed by atoms with Gasteiger partial charge in [0, 0.05) is 11.1 Å². The van der Waals surface area contributed by atoms with Crippen LogP contribution in [0.25, 0.3) is 11.1 Å². The maximum absolute atomic E-state index is 13.7. The number of rotatable bonds is 2. The topological polar surface area (TPSA) is 17.1 Å². The Morgan fingerprint density at radius 3 is 1.71 bits per heavy atom. The van der Waals surface area contributed by atoms with Crippen LogP contribution < -0.4 is 0 Å². The third kappa shape index (κ3) is 2.37. The van der Waals surface area contributed by atoms with E-state index in [0.717, 1.165) is 12.1 Å². The minimum Gasteiger partial charge on any atom is -0.276 e. The Morgan fingerprint density at radius 2 is 1.24 bits per heavy atom. The van der Waals surface area contributed by atoms with Crippen molar-refractivity contribution in [3.8, 4) is 11.1 Å². The molecule has 21 heavy (non-hydrogen) atoms. The van der Waals surface area contributed by atoms with Crippen molar-refractivity contribution in [2.24, 2.45) is 0 Å². The molecule has 0 aliphatic carbocycles. The van der Waals surface area contributed by atoms with E-state index in [0.29, 0.717) is 6.07 Å². The molecular weight excluding hydrogens is 322 g/mol. The third-order valence-corrected chi connectivity index (χ3v) is 2.89. The molecule has 0 aliphatic heterocycles. The van der Waals surface area contributed by atoms with E-state index in [4.69, 9.17) is 11.6 Å². The summed E-state index contributed by atoms with van der Waals surface area (Å²) in [7, 11) is 0. The first-order valence-electron chi connectivity index (χ1n) is 5.27. The molecule has 2 aromatic rings. The van der Waals surface area contributed by atoms with E-state index >= 15 is 0 Å². The molecule has 0 saturated heterocycles. The lowest BCUT2D eigenvalue weighted by Crippen LogP contribution is -2.07. The van der Waals surface area contributed by atoms with Crippen LogP contribution in [0.5, 0.6) is 0 Å². The van der Waals surface area contributed by atoms with E-state index in [1.807, 2.05) is 0 Å². The van der Waals surface area contributed by atoms with Gasteiger partial charge in [-0.15, -0.1) is 0 Å². The number of halogens is 7. The number of hydrogen-bond donors (Lipinski definition) is 0. The summed E-state index contributed by atoms with van der Waals surface area (Å²) in [5.74, 6) is -12.7. The second-order valence-corrected chi connectivity index (χ2v) is 4.22. The molecule has 0 unspecified atom stereocenters. The maximum atomic E-state index is 13.7. The third-order valence-electron chi connectivity index (χ3n) is 2.69. The van der Waals surface area contributed by atoms with Crippen molar-refractivity contribution >= 4 is 16.8 Å². The summed E-state index contributed by atoms with van der Waals surface area (Å²) in [6, 6.07) is 2.59. The highest BCUT2D eigenvalue weighted by Gasteiger charge is 2.30. The molecule has 0 aromatic heterocycles. The van der Waals surface area contributed by atoms with Gasteiger partial charge in [0.05, 0.1) is 5.56 Å². The molecule has 0 spiro atoms. The zero-order valence-corrected chi connectivity index (χ0v) is 10.5. The van der Waals surface area contributed by atoms with E-state index in [9.17, 15) is 31.1 Å². The van der Waals surface area contributed by atoms with Crippen LogP contribution >= 0.6 is 11.6 Å². The van der Waals surface area contributed by atoms with Crippen LogP contribution in [0.15, 0.2) is 18.2 Å². The smallest absolute Gasteiger partial charge is 0.253 e. The van der Waals surface area contributed by atoms with Crippen molar-refractivity contribution < 1.29 is 31.1 Å². The summed E-state index contributed by atoms with van der Waals surface area (Å²) in [5.41, 5.74) is -3.36. The Kier molecular flexibility index (Phi) is 3.95. The van der Waals surface area contributed by atoms with Gasteiger partial charge < -0.3 is 0 Å². The lowest BCUT2D eigenvalue weighted by molar-refractivity contribution is 0.108. The number of hydrogen-bond acceptors (Lipinski definition) is 1. The Bertz CT molecular complexity index is 730. The molecule has 0 fully saturated rings. The Morgan fingerprint density at radius 1 is 0.762 bits per heavy atom. The van der Waals surface area contributed by atoms with E-state index in [2.05, 4.69) is 0 Å².